The molecule has 0 amide bonds. The Labute approximate surface area is 98.2 Å². The molecule has 0 aromatic rings. The maximum Gasteiger partial charge on any atom is -0.00202 e. The predicted molar refractivity (Wildman–Crippen MR) is 63.6 cm³/mol. The molecule has 0 heterocycles. The highest BCUT2D eigenvalue weighted by molar-refractivity contribution is 5.16. The summed E-state index contributed by atoms with van der Waals surface area (Å²) in [6.45, 7) is 0.992. The van der Waals surface area contributed by atoms with Gasteiger partial charge in [0.2, 0.25) is 0 Å². The van der Waals surface area contributed by atoms with E-state index >= 15 is 0 Å². The van der Waals surface area contributed by atoms with E-state index in [1.807, 2.05) is 0 Å². The van der Waals surface area contributed by atoms with Gasteiger partial charge in [0.25, 0.3) is 0 Å². The summed E-state index contributed by atoms with van der Waals surface area (Å²) in [5.74, 6) is 7.96. The molecule has 1 heteroatoms. The number of nitrogens with two attached hydrogens (primary N) is 1. The van der Waals surface area contributed by atoms with Crippen LogP contribution in [0, 0.1) is 46.8 Å². The Kier molecular flexibility index (Phi) is 1.42. The van der Waals surface area contributed by atoms with Crippen LogP contribution in [-0.2, 0) is 0 Å². The van der Waals surface area contributed by atoms with Crippen molar-refractivity contribution in [2.75, 3.05) is 6.54 Å². The molecule has 88 valence electrons. The van der Waals surface area contributed by atoms with Gasteiger partial charge in [-0.25, -0.2) is 0 Å². The lowest BCUT2D eigenvalue weighted by Crippen LogP contribution is -2.66. The van der Waals surface area contributed by atoms with Gasteiger partial charge in [-0.1, -0.05) is 0 Å². The molecule has 7 aliphatic rings. The highest BCUT2D eigenvalue weighted by Crippen LogP contribution is 2.73. The highest BCUT2D eigenvalue weighted by Gasteiger charge is 2.66. The monoisotopic (exact) mass is 217 g/mol. The topological polar surface area (TPSA) is 26.0 Å². The van der Waals surface area contributed by atoms with Gasteiger partial charge in [0.15, 0.2) is 0 Å². The second-order valence-corrected chi connectivity index (χ2v) is 7.87. The summed E-state index contributed by atoms with van der Waals surface area (Å²) in [4.78, 5) is 0. The third-order valence-electron chi connectivity index (χ3n) is 7.56. The third-order valence-corrected chi connectivity index (χ3v) is 7.56. The van der Waals surface area contributed by atoms with E-state index in [2.05, 4.69) is 0 Å². The summed E-state index contributed by atoms with van der Waals surface area (Å²) in [6.07, 6.45) is 9.38. The summed E-state index contributed by atoms with van der Waals surface area (Å²) >= 11 is 0. The van der Waals surface area contributed by atoms with Gasteiger partial charge in [-0.05, 0) is 91.9 Å². The second kappa shape index (κ2) is 2.53. The van der Waals surface area contributed by atoms with E-state index in [0.29, 0.717) is 5.41 Å². The molecule has 0 aliphatic heterocycles. The van der Waals surface area contributed by atoms with Crippen LogP contribution in [0.4, 0.5) is 0 Å². The summed E-state index contributed by atoms with van der Waals surface area (Å²) in [6, 6.07) is 0. The first-order valence-corrected chi connectivity index (χ1v) is 7.50. The molecule has 0 unspecified atom stereocenters. The molecule has 0 aromatic heterocycles. The molecule has 1 nitrogen and oxygen atoms in total. The largest absolute Gasteiger partial charge is 0.330 e. The van der Waals surface area contributed by atoms with Gasteiger partial charge >= 0.3 is 0 Å². The fourth-order valence-electron chi connectivity index (χ4n) is 7.31. The van der Waals surface area contributed by atoms with Crippen LogP contribution in [0.3, 0.4) is 0 Å². The fraction of sp³-hybridized carbons (Fsp3) is 1.00. The number of hydrogen-bond acceptors (Lipinski definition) is 1. The van der Waals surface area contributed by atoms with E-state index in [4.69, 9.17) is 5.73 Å². The van der Waals surface area contributed by atoms with Crippen LogP contribution in [-0.4, -0.2) is 6.54 Å². The minimum Gasteiger partial charge on any atom is -0.330 e. The lowest BCUT2D eigenvalue weighted by molar-refractivity contribution is -0.230. The fourth-order valence-corrected chi connectivity index (χ4v) is 7.31. The molecule has 8 bridgehead atoms. The average molecular weight is 217 g/mol. The van der Waals surface area contributed by atoms with Gasteiger partial charge in [-0.3, -0.25) is 0 Å². The van der Waals surface area contributed by atoms with Gasteiger partial charge in [0.1, 0.15) is 0 Å². The van der Waals surface area contributed by atoms with Crippen molar-refractivity contribution < 1.29 is 0 Å². The Balaban J connectivity index is 1.65. The number of hydrogen-bond donors (Lipinski definition) is 1. The van der Waals surface area contributed by atoms with Crippen molar-refractivity contribution in [3.05, 3.63) is 0 Å². The van der Waals surface area contributed by atoms with Crippen LogP contribution >= 0.6 is 0 Å². The van der Waals surface area contributed by atoms with E-state index in [1.165, 1.54) is 19.3 Å². The molecule has 0 spiro atoms. The number of rotatable bonds is 1. The Morgan fingerprint density at radius 2 is 1.19 bits per heavy atom. The van der Waals surface area contributed by atoms with Crippen LogP contribution in [0.15, 0.2) is 0 Å². The molecule has 0 aromatic carbocycles. The smallest absolute Gasteiger partial charge is 0.00202 e. The molecule has 16 heavy (non-hydrogen) atoms. The maximum atomic E-state index is 6.14. The second-order valence-electron chi connectivity index (χ2n) is 7.87. The van der Waals surface area contributed by atoms with Crippen LogP contribution in [0.2, 0.25) is 0 Å². The molecule has 0 radical (unpaired) electrons. The molecule has 7 fully saturated rings. The normalized spacial score (nSPS) is 69.2. The van der Waals surface area contributed by atoms with Crippen LogP contribution < -0.4 is 5.73 Å². The first-order chi connectivity index (χ1) is 7.80. The molecular formula is C15H23N. The van der Waals surface area contributed by atoms with E-state index in [0.717, 1.165) is 48.0 Å². The van der Waals surface area contributed by atoms with E-state index in [9.17, 15) is 0 Å². The van der Waals surface area contributed by atoms with E-state index in [-0.39, 0.29) is 0 Å². The van der Waals surface area contributed by atoms with Crippen molar-refractivity contribution in [1.29, 1.82) is 0 Å². The van der Waals surface area contributed by atoms with E-state index in [1.54, 1.807) is 19.3 Å². The summed E-state index contributed by atoms with van der Waals surface area (Å²) < 4.78 is 0. The van der Waals surface area contributed by atoms with Gasteiger partial charge in [0, 0.05) is 0 Å². The van der Waals surface area contributed by atoms with Crippen molar-refractivity contribution in [3.8, 4) is 0 Å². The summed E-state index contributed by atoms with van der Waals surface area (Å²) in [5.41, 5.74) is 6.75. The molecule has 7 rings (SSSR count). The molecule has 7 aliphatic carbocycles. The van der Waals surface area contributed by atoms with Gasteiger partial charge in [-0.2, -0.15) is 0 Å². The first-order valence-electron chi connectivity index (χ1n) is 7.50. The highest BCUT2D eigenvalue weighted by atomic mass is 14.7. The first kappa shape index (κ1) is 8.97. The summed E-state index contributed by atoms with van der Waals surface area (Å²) in [5, 5.41) is 0. The Morgan fingerprint density at radius 1 is 0.750 bits per heavy atom. The van der Waals surface area contributed by atoms with Crippen molar-refractivity contribution in [1.82, 2.24) is 0 Å². The van der Waals surface area contributed by atoms with Crippen molar-refractivity contribution in [2.24, 2.45) is 52.6 Å². The molecule has 0 atom stereocenters. The molecule has 0 saturated heterocycles. The van der Waals surface area contributed by atoms with Gasteiger partial charge < -0.3 is 5.73 Å². The van der Waals surface area contributed by atoms with Crippen LogP contribution in [0.5, 0.6) is 0 Å². The average Bonchev–Trinajstić information content (AvgIpc) is 2.35. The predicted octanol–water partition coefficient (Wildman–Crippen LogP) is 2.65. The zero-order valence-electron chi connectivity index (χ0n) is 10.1. The quantitative estimate of drug-likeness (QED) is 0.718. The Hall–Kier alpha value is -0.0400. The lowest BCUT2D eigenvalue weighted by atomic mass is 9.33. The Morgan fingerprint density at radius 3 is 1.56 bits per heavy atom. The molecule has 7 saturated carbocycles. The molecular weight excluding hydrogens is 194 g/mol. The van der Waals surface area contributed by atoms with Crippen molar-refractivity contribution in [3.63, 3.8) is 0 Å². The third kappa shape index (κ3) is 0.805. The minimum atomic E-state index is 0.619. The van der Waals surface area contributed by atoms with Crippen LogP contribution in [0.1, 0.15) is 38.5 Å². The van der Waals surface area contributed by atoms with Gasteiger partial charge in [0.05, 0.1) is 0 Å². The van der Waals surface area contributed by atoms with E-state index < -0.39 is 0 Å². The zero-order chi connectivity index (χ0) is 10.5. The van der Waals surface area contributed by atoms with Crippen molar-refractivity contribution >= 4 is 0 Å². The standard InChI is InChI=1S/C15H23N/c16-7-15-4-12-9-1-8-2-10(12)14(6-15)11(3-8)13(9)5-15/h8-14H,1-7,16H2. The Bertz CT molecular complexity index is 287. The summed E-state index contributed by atoms with van der Waals surface area (Å²) in [7, 11) is 0. The minimum absolute atomic E-state index is 0.619. The zero-order valence-corrected chi connectivity index (χ0v) is 10.1. The van der Waals surface area contributed by atoms with Gasteiger partial charge in [-0.15, -0.1) is 0 Å². The lowest BCUT2D eigenvalue weighted by Gasteiger charge is -2.72. The SMILES string of the molecule is NCC12CC3C4CC5CC3C(C1)C(C5)C4C2. The van der Waals surface area contributed by atoms with Crippen LogP contribution in [0.25, 0.3) is 0 Å². The van der Waals surface area contributed by atoms with Crippen molar-refractivity contribution in [2.45, 2.75) is 38.5 Å². The maximum absolute atomic E-state index is 6.14. The molecule has 2 N–H and O–H groups in total.